The van der Waals surface area contributed by atoms with E-state index in [2.05, 4.69) is 10.4 Å². The molecule has 0 aromatic carbocycles. The van der Waals surface area contributed by atoms with Crippen LogP contribution >= 0.6 is 0 Å². The van der Waals surface area contributed by atoms with Crippen molar-refractivity contribution in [1.29, 1.82) is 0 Å². The zero-order valence-corrected chi connectivity index (χ0v) is 13.6. The second-order valence-corrected chi connectivity index (χ2v) is 6.03. The highest BCUT2D eigenvalue weighted by Gasteiger charge is 2.35. The Morgan fingerprint density at radius 1 is 1.48 bits per heavy atom. The second kappa shape index (κ2) is 7.06. The second-order valence-electron chi connectivity index (χ2n) is 6.03. The van der Waals surface area contributed by atoms with Gasteiger partial charge in [0.25, 0.3) is 12.3 Å². The highest BCUT2D eigenvalue weighted by atomic mass is 19.3. The molecule has 2 amide bonds. The molecule has 0 saturated carbocycles. The Morgan fingerprint density at radius 3 is 2.74 bits per heavy atom. The smallest absolute Gasteiger partial charge is 0.280 e. The molecule has 6 nitrogen and oxygen atoms in total. The van der Waals surface area contributed by atoms with Crippen LogP contribution in [0.3, 0.4) is 0 Å². The van der Waals surface area contributed by atoms with Gasteiger partial charge in [-0.1, -0.05) is 20.8 Å². The summed E-state index contributed by atoms with van der Waals surface area (Å²) in [7, 11) is 0. The SMILES string of the molecule is CCC1C(=O)NCCN1C(=O)c1cnn(CC(C)C)c1C(F)F. The van der Waals surface area contributed by atoms with Gasteiger partial charge in [0.05, 0.1) is 11.8 Å². The number of piperazine rings is 1. The van der Waals surface area contributed by atoms with E-state index < -0.39 is 18.4 Å². The Morgan fingerprint density at radius 2 is 2.17 bits per heavy atom. The lowest BCUT2D eigenvalue weighted by Gasteiger charge is -2.34. The summed E-state index contributed by atoms with van der Waals surface area (Å²) < 4.78 is 28.1. The van der Waals surface area contributed by atoms with E-state index in [1.54, 1.807) is 6.92 Å². The number of hydrogen-bond donors (Lipinski definition) is 1. The highest BCUT2D eigenvalue weighted by molar-refractivity contribution is 5.99. The molecule has 1 aromatic heterocycles. The molecule has 1 fully saturated rings. The monoisotopic (exact) mass is 328 g/mol. The number of hydrogen-bond acceptors (Lipinski definition) is 3. The van der Waals surface area contributed by atoms with Gasteiger partial charge >= 0.3 is 0 Å². The molecule has 128 valence electrons. The van der Waals surface area contributed by atoms with E-state index in [0.29, 0.717) is 26.1 Å². The largest absolute Gasteiger partial charge is 0.353 e. The van der Waals surface area contributed by atoms with Gasteiger partial charge < -0.3 is 10.2 Å². The molecule has 1 aliphatic heterocycles. The van der Waals surface area contributed by atoms with Crippen LogP contribution in [0.1, 0.15) is 49.7 Å². The van der Waals surface area contributed by atoms with Gasteiger partial charge in [-0.25, -0.2) is 8.78 Å². The summed E-state index contributed by atoms with van der Waals surface area (Å²) in [6, 6.07) is -0.629. The van der Waals surface area contributed by atoms with Crippen LogP contribution in [0.15, 0.2) is 6.20 Å². The van der Waals surface area contributed by atoms with Gasteiger partial charge in [0.15, 0.2) is 0 Å². The lowest BCUT2D eigenvalue weighted by atomic mass is 10.1. The first-order valence-electron chi connectivity index (χ1n) is 7.79. The Labute approximate surface area is 133 Å². The van der Waals surface area contributed by atoms with E-state index in [1.165, 1.54) is 15.8 Å². The maximum atomic E-state index is 13.4. The van der Waals surface area contributed by atoms with Gasteiger partial charge in [-0.05, 0) is 12.3 Å². The van der Waals surface area contributed by atoms with Crippen molar-refractivity contribution in [1.82, 2.24) is 20.0 Å². The zero-order chi connectivity index (χ0) is 17.1. The molecule has 8 heteroatoms. The van der Waals surface area contributed by atoms with E-state index >= 15 is 0 Å². The van der Waals surface area contributed by atoms with Crippen molar-refractivity contribution >= 4 is 11.8 Å². The summed E-state index contributed by atoms with van der Waals surface area (Å²) in [4.78, 5) is 25.9. The Balaban J connectivity index is 2.35. The fourth-order valence-electron chi connectivity index (χ4n) is 2.80. The summed E-state index contributed by atoms with van der Waals surface area (Å²) in [6.45, 7) is 6.50. The molecule has 0 bridgehead atoms. The molecule has 0 spiro atoms. The molecule has 1 saturated heterocycles. The number of rotatable bonds is 5. The molecular weight excluding hydrogens is 306 g/mol. The minimum Gasteiger partial charge on any atom is -0.353 e. The summed E-state index contributed by atoms with van der Waals surface area (Å²) in [5, 5.41) is 6.64. The molecule has 2 rings (SSSR count). The average Bonchev–Trinajstić information content (AvgIpc) is 2.89. The number of alkyl halides is 2. The first kappa shape index (κ1) is 17.4. The predicted octanol–water partition coefficient (Wildman–Crippen LogP) is 1.83. The highest BCUT2D eigenvalue weighted by Crippen LogP contribution is 2.26. The summed E-state index contributed by atoms with van der Waals surface area (Å²) in [5.74, 6) is -0.684. The Bertz CT molecular complexity index is 586. The number of carbonyl (C=O) groups excluding carboxylic acids is 2. The van der Waals surface area contributed by atoms with Crippen molar-refractivity contribution in [2.45, 2.75) is 46.2 Å². The first-order chi connectivity index (χ1) is 10.9. The standard InChI is InChI=1S/C15H22F2N4O2/c1-4-11-14(22)18-5-6-20(11)15(23)10-7-19-21(8-9(2)3)12(10)13(16)17/h7,9,11,13H,4-6,8H2,1-3H3,(H,18,22). The van der Waals surface area contributed by atoms with Crippen LogP contribution in [0.2, 0.25) is 0 Å². The number of halogens is 2. The van der Waals surface area contributed by atoms with Crippen molar-refractivity contribution < 1.29 is 18.4 Å². The molecule has 1 atom stereocenters. The van der Waals surface area contributed by atoms with Gasteiger partial charge in [-0.2, -0.15) is 5.10 Å². The number of nitrogens with one attached hydrogen (secondary N) is 1. The number of nitrogens with zero attached hydrogens (tertiary/aromatic N) is 3. The zero-order valence-electron chi connectivity index (χ0n) is 13.6. The molecule has 0 aliphatic carbocycles. The van der Waals surface area contributed by atoms with E-state index in [0.717, 1.165) is 0 Å². The van der Waals surface area contributed by atoms with Crippen LogP contribution in [0, 0.1) is 5.92 Å². The molecule has 2 heterocycles. The fourth-order valence-corrected chi connectivity index (χ4v) is 2.80. The first-order valence-corrected chi connectivity index (χ1v) is 7.79. The van der Waals surface area contributed by atoms with Crippen LogP contribution in [0.25, 0.3) is 0 Å². The minimum atomic E-state index is -2.80. The van der Waals surface area contributed by atoms with Crippen molar-refractivity contribution in [3.63, 3.8) is 0 Å². The lowest BCUT2D eigenvalue weighted by molar-refractivity contribution is -0.127. The molecule has 1 unspecified atom stereocenters. The summed E-state index contributed by atoms with van der Waals surface area (Å²) >= 11 is 0. The van der Waals surface area contributed by atoms with E-state index in [-0.39, 0.29) is 23.1 Å². The molecule has 1 aliphatic rings. The number of amides is 2. The van der Waals surface area contributed by atoms with Gasteiger partial charge in [0.1, 0.15) is 11.7 Å². The van der Waals surface area contributed by atoms with Crippen LogP contribution in [0.4, 0.5) is 8.78 Å². The molecule has 0 radical (unpaired) electrons. The van der Waals surface area contributed by atoms with Gasteiger partial charge in [-0.3, -0.25) is 14.3 Å². The van der Waals surface area contributed by atoms with Crippen LogP contribution in [-0.2, 0) is 11.3 Å². The van der Waals surface area contributed by atoms with Crippen LogP contribution in [0.5, 0.6) is 0 Å². The third-order valence-electron chi connectivity index (χ3n) is 3.83. The molecule has 23 heavy (non-hydrogen) atoms. The summed E-state index contributed by atoms with van der Waals surface area (Å²) in [5.41, 5.74) is -0.488. The van der Waals surface area contributed by atoms with Gasteiger partial charge in [0.2, 0.25) is 5.91 Å². The third kappa shape index (κ3) is 3.51. The molecule has 1 aromatic rings. The van der Waals surface area contributed by atoms with E-state index in [1.807, 2.05) is 13.8 Å². The van der Waals surface area contributed by atoms with E-state index in [4.69, 9.17) is 0 Å². The topological polar surface area (TPSA) is 67.2 Å². The normalized spacial score (nSPS) is 18.7. The van der Waals surface area contributed by atoms with Crippen molar-refractivity contribution in [2.24, 2.45) is 5.92 Å². The quantitative estimate of drug-likeness (QED) is 0.897. The van der Waals surface area contributed by atoms with Gasteiger partial charge in [0, 0.05) is 19.6 Å². The number of carbonyl (C=O) groups is 2. The van der Waals surface area contributed by atoms with Crippen molar-refractivity contribution in [2.75, 3.05) is 13.1 Å². The maximum Gasteiger partial charge on any atom is 0.280 e. The Kier molecular flexibility index (Phi) is 5.33. The number of aromatic nitrogens is 2. The molecule has 1 N–H and O–H groups in total. The van der Waals surface area contributed by atoms with Crippen LogP contribution in [-0.4, -0.2) is 45.6 Å². The minimum absolute atomic E-state index is 0.117. The van der Waals surface area contributed by atoms with Crippen molar-refractivity contribution in [3.8, 4) is 0 Å². The van der Waals surface area contributed by atoms with Crippen LogP contribution < -0.4 is 5.32 Å². The maximum absolute atomic E-state index is 13.4. The average molecular weight is 328 g/mol. The summed E-state index contributed by atoms with van der Waals surface area (Å²) in [6.07, 6.45) is -1.18. The van der Waals surface area contributed by atoms with Gasteiger partial charge in [-0.15, -0.1) is 0 Å². The molecular formula is C15H22F2N4O2. The van der Waals surface area contributed by atoms with E-state index in [9.17, 15) is 18.4 Å². The predicted molar refractivity (Wildman–Crippen MR) is 80.1 cm³/mol. The Hall–Kier alpha value is -1.99. The lowest BCUT2D eigenvalue weighted by Crippen LogP contribution is -2.57. The fraction of sp³-hybridized carbons (Fsp3) is 0.667. The third-order valence-corrected chi connectivity index (χ3v) is 3.83. The van der Waals surface area contributed by atoms with Crippen molar-refractivity contribution in [3.05, 3.63) is 17.5 Å².